The van der Waals surface area contributed by atoms with E-state index in [-0.39, 0.29) is 24.6 Å². The van der Waals surface area contributed by atoms with Gasteiger partial charge in [0, 0.05) is 32.7 Å². The van der Waals surface area contributed by atoms with Gasteiger partial charge in [-0.3, -0.25) is 19.3 Å². The van der Waals surface area contributed by atoms with E-state index in [2.05, 4.69) is 17.9 Å². The van der Waals surface area contributed by atoms with Gasteiger partial charge in [0.05, 0.1) is 18.4 Å². The van der Waals surface area contributed by atoms with Crippen molar-refractivity contribution in [2.75, 3.05) is 43.5 Å². The number of hydrogen-bond acceptors (Lipinski definition) is 12. The summed E-state index contributed by atoms with van der Waals surface area (Å²) in [5.41, 5.74) is 5.47. The fraction of sp³-hybridized carbons (Fsp3) is 0.706. The molecule has 0 aliphatic rings. The monoisotopic (exact) mass is 655 g/mol. The molecule has 36 heavy (non-hydrogen) atoms. The van der Waals surface area contributed by atoms with Crippen molar-refractivity contribution in [1.82, 2.24) is 10.2 Å². The van der Waals surface area contributed by atoms with Crippen molar-refractivity contribution in [2.24, 2.45) is 11.7 Å². The summed E-state index contributed by atoms with van der Waals surface area (Å²) >= 11 is 10.4. The van der Waals surface area contributed by atoms with Crippen LogP contribution in [0.4, 0.5) is 0 Å². The van der Waals surface area contributed by atoms with E-state index in [4.69, 9.17) is 32.1 Å². The molecule has 0 saturated heterocycles. The van der Waals surface area contributed by atoms with Crippen molar-refractivity contribution in [3.63, 3.8) is 0 Å². The Bertz CT molecular complexity index is 811. The Hall–Kier alpha value is -1.39. The van der Waals surface area contributed by atoms with Crippen LogP contribution in [0.1, 0.15) is 12.8 Å². The van der Waals surface area contributed by atoms with E-state index in [0.29, 0.717) is 0 Å². The first-order valence-corrected chi connectivity index (χ1v) is 13.9. The van der Waals surface area contributed by atoms with Gasteiger partial charge >= 0.3 is 40.3 Å². The van der Waals surface area contributed by atoms with Crippen molar-refractivity contribution in [2.45, 2.75) is 25.0 Å². The van der Waals surface area contributed by atoms with Gasteiger partial charge < -0.3 is 71.2 Å². The van der Waals surface area contributed by atoms with Gasteiger partial charge in [-0.05, 0) is 13.0 Å². The van der Waals surface area contributed by atoms with Crippen LogP contribution in [0.25, 0.3) is 5.32 Å². The number of nitrogens with two attached hydrogens (primary N) is 1. The molecule has 0 aromatic rings. The van der Waals surface area contributed by atoms with E-state index >= 15 is 0 Å². The summed E-state index contributed by atoms with van der Waals surface area (Å²) in [5, 5.41) is 32.7. The topological polar surface area (TPSA) is 259 Å². The second-order valence-corrected chi connectivity index (χ2v) is 10.4. The summed E-state index contributed by atoms with van der Waals surface area (Å²) in [5.74, 6) is -7.56. The Morgan fingerprint density at radius 3 is 2.08 bits per heavy atom. The minimum absolute atomic E-state index is 0.00183. The molecule has 4 unspecified atom stereocenters. The molecule has 0 aromatic heterocycles. The summed E-state index contributed by atoms with van der Waals surface area (Å²) < 4.78 is 20.6. The number of nitrogens with zero attached hydrogens (tertiary/aromatic N) is 2. The number of carboxylic acid groups (broad SMARTS) is 3. The molecular weight excluding hydrogens is 629 g/mol. The van der Waals surface area contributed by atoms with Crippen LogP contribution in [0, 0.1) is 5.92 Å². The molecule has 0 aliphatic carbocycles. The molecule has 6 N–H and O–H groups in total. The van der Waals surface area contributed by atoms with Gasteiger partial charge in [-0.2, -0.15) is 11.5 Å². The minimum atomic E-state index is -4.66. The quantitative estimate of drug-likeness (QED) is 0.0738. The molecule has 2 amide bonds. The first kappa shape index (κ1) is 36.8. The molecule has 0 radical (unpaired) electrons. The Morgan fingerprint density at radius 2 is 1.64 bits per heavy atom. The zero-order valence-electron chi connectivity index (χ0n) is 18.8. The number of aliphatic carboxylic acids is 3. The molecule has 15 nitrogen and oxygen atoms in total. The summed E-state index contributed by atoms with van der Waals surface area (Å²) in [6, 6.07) is -1.90. The van der Waals surface area contributed by atoms with Crippen LogP contribution in [-0.2, 0) is 76.2 Å². The van der Waals surface area contributed by atoms with Gasteiger partial charge in [-0.1, -0.05) is 6.17 Å². The van der Waals surface area contributed by atoms with Gasteiger partial charge in [0.1, 0.15) is 6.04 Å². The second kappa shape index (κ2) is 19.7. The van der Waals surface area contributed by atoms with Gasteiger partial charge in [0.25, 0.3) is 0 Å². The number of rotatable bonds is 18. The van der Waals surface area contributed by atoms with Crippen LogP contribution < -0.4 is 15.9 Å². The van der Waals surface area contributed by atoms with E-state index in [1.807, 2.05) is 5.32 Å². The van der Waals surface area contributed by atoms with E-state index in [0.717, 1.165) is 18.9 Å². The average molecular weight is 657 g/mol. The van der Waals surface area contributed by atoms with Crippen LogP contribution >= 0.6 is 7.37 Å². The average Bonchev–Trinajstić information content (AvgIpc) is 2.76. The molecule has 0 aromatic carbocycles. The summed E-state index contributed by atoms with van der Waals surface area (Å²) in [6.45, 7) is -0.756. The maximum atomic E-state index is 12.4. The number of hydrogen-bond donors (Lipinski definition) is 5. The fourth-order valence-corrected chi connectivity index (χ4v) is 5.00. The fourth-order valence-electron chi connectivity index (χ4n) is 2.71. The van der Waals surface area contributed by atoms with E-state index < -0.39 is 86.9 Å². The SMILES string of the molecule is NC(C[S-])[N-]C(=O)CN(CC[S-])CC(=O)NC(CP(=O)([O-])CC(CCC(=O)O)C(=O)O)C(=O)O.[O]=[Tc+4]. The third-order valence-electron chi connectivity index (χ3n) is 4.26. The number of carbonyl (C=O) groups is 5. The maximum absolute atomic E-state index is 12.4. The standard InChI is InChI=1S/C17H31N4O10PS2.O.Tc/c18-12(9-34)20-14(23)6-21(3-4-33)5-13(22)19-11(17(28)29)8-32(30,31)7-10(16(26)27)1-2-15(24)25;;/h10-12H,1-9,18H2,(H8,19,20,22,23,24,25,26,27,28,29,30,31,33,34);;/q;;+4/p-4. The molecule has 0 aliphatic heterocycles. The van der Waals surface area contributed by atoms with Gasteiger partial charge in [0.15, 0.2) is 0 Å². The van der Waals surface area contributed by atoms with Crippen molar-refractivity contribution in [1.29, 1.82) is 0 Å². The molecule has 4 atom stereocenters. The van der Waals surface area contributed by atoms with Crippen molar-refractivity contribution < 1.29 is 71.1 Å². The molecule has 19 heteroatoms. The molecule has 0 heterocycles. The zero-order valence-corrected chi connectivity index (χ0v) is 23.2. The Kier molecular flexibility index (Phi) is 20.1. The summed E-state index contributed by atoms with van der Waals surface area (Å²) in [4.78, 5) is 71.2. The van der Waals surface area contributed by atoms with E-state index in [1.54, 1.807) is 0 Å². The van der Waals surface area contributed by atoms with Gasteiger partial charge in [-0.15, -0.1) is 0 Å². The Labute approximate surface area is 228 Å². The first-order valence-electron chi connectivity index (χ1n) is 9.99. The third kappa shape index (κ3) is 17.9. The van der Waals surface area contributed by atoms with E-state index in [1.165, 1.54) is 4.90 Å². The number of amides is 2. The second-order valence-electron chi connectivity index (χ2n) is 7.28. The van der Waals surface area contributed by atoms with Crippen LogP contribution in [0.15, 0.2) is 0 Å². The molecule has 0 rings (SSSR count). The molecule has 0 saturated carbocycles. The van der Waals surface area contributed by atoms with Crippen molar-refractivity contribution in [3.8, 4) is 0 Å². The van der Waals surface area contributed by atoms with Crippen LogP contribution in [0.2, 0.25) is 0 Å². The zero-order chi connectivity index (χ0) is 28.5. The molecule has 0 spiro atoms. The van der Waals surface area contributed by atoms with E-state index in [9.17, 15) is 38.5 Å². The van der Waals surface area contributed by atoms with Crippen molar-refractivity contribution in [3.05, 3.63) is 5.32 Å². The summed E-state index contributed by atoms with van der Waals surface area (Å²) in [7, 11) is -4.66. The normalized spacial score (nSPS) is 14.9. The Balaban J connectivity index is 0. The molecule has 205 valence electrons. The third-order valence-corrected chi connectivity index (χ3v) is 6.71. The Morgan fingerprint density at radius 1 is 1.06 bits per heavy atom. The van der Waals surface area contributed by atoms with Crippen LogP contribution in [0.5, 0.6) is 0 Å². The number of carbonyl (C=O) groups excluding carboxylic acids is 2. The van der Waals surface area contributed by atoms with Gasteiger partial charge in [-0.25, -0.2) is 4.79 Å². The van der Waals surface area contributed by atoms with Crippen molar-refractivity contribution >= 4 is 62.3 Å². The number of nitrogens with one attached hydrogen (secondary N) is 1. The summed E-state index contributed by atoms with van der Waals surface area (Å²) in [6.07, 6.45) is -4.01. The molecule has 0 fully saturated rings. The van der Waals surface area contributed by atoms with Crippen LogP contribution in [-0.4, -0.2) is 106 Å². The predicted octanol–water partition coefficient (Wildman–Crippen LogP) is -2.78. The predicted molar refractivity (Wildman–Crippen MR) is 123 cm³/mol. The molecule has 0 bridgehead atoms. The van der Waals surface area contributed by atoms with Crippen LogP contribution in [0.3, 0.4) is 0 Å². The number of carboxylic acids is 3. The van der Waals surface area contributed by atoms with Gasteiger partial charge in [0.2, 0.25) is 5.91 Å². The first-order chi connectivity index (χ1) is 16.7. The molecular formula is C17H27N4O11PS2Tc.